The van der Waals surface area contributed by atoms with Gasteiger partial charge in [-0.2, -0.15) is 0 Å². The van der Waals surface area contributed by atoms with E-state index in [4.69, 9.17) is 14.6 Å². The standard InChI is InChI=1S/C27H28N2O5/c1-19-11-12-22(20(2)17-19)29(27(32)21-7-4-3-5-8-21)14-13-28-15-16-33-26-23(28)9-6-10-24(26)34-18-25(30)31/h3-12,17H,13-16,18H2,1-2H3,(H,30,31). The zero-order valence-corrected chi connectivity index (χ0v) is 19.4. The number of aliphatic carboxylic acids is 1. The first-order chi connectivity index (χ1) is 16.4. The molecule has 0 aromatic heterocycles. The van der Waals surface area contributed by atoms with Crippen LogP contribution in [0.1, 0.15) is 21.5 Å². The molecule has 1 amide bonds. The van der Waals surface area contributed by atoms with Crippen molar-refractivity contribution in [2.75, 3.05) is 42.6 Å². The van der Waals surface area contributed by atoms with Crippen molar-refractivity contribution in [1.29, 1.82) is 0 Å². The predicted molar refractivity (Wildman–Crippen MR) is 131 cm³/mol. The number of ether oxygens (including phenoxy) is 2. The van der Waals surface area contributed by atoms with E-state index in [0.717, 1.165) is 22.5 Å². The fourth-order valence-corrected chi connectivity index (χ4v) is 4.16. The Kier molecular flexibility index (Phi) is 7.01. The molecule has 4 rings (SSSR count). The largest absolute Gasteiger partial charge is 0.486 e. The van der Waals surface area contributed by atoms with Crippen molar-refractivity contribution in [2.45, 2.75) is 13.8 Å². The highest BCUT2D eigenvalue weighted by Gasteiger charge is 2.25. The van der Waals surface area contributed by atoms with E-state index in [1.54, 1.807) is 6.07 Å². The van der Waals surface area contributed by atoms with E-state index >= 15 is 0 Å². The maximum atomic E-state index is 13.5. The second-order valence-electron chi connectivity index (χ2n) is 8.24. The molecule has 0 fully saturated rings. The Balaban J connectivity index is 1.60. The summed E-state index contributed by atoms with van der Waals surface area (Å²) < 4.78 is 11.2. The summed E-state index contributed by atoms with van der Waals surface area (Å²) in [5, 5.41) is 8.96. The maximum Gasteiger partial charge on any atom is 0.341 e. The Labute approximate surface area is 199 Å². The number of para-hydroxylation sites is 1. The molecule has 1 aliphatic rings. The molecule has 3 aromatic rings. The number of aryl methyl sites for hydroxylation is 2. The topological polar surface area (TPSA) is 79.3 Å². The summed E-state index contributed by atoms with van der Waals surface area (Å²) in [7, 11) is 0. The predicted octanol–water partition coefficient (Wildman–Crippen LogP) is 4.31. The number of hydrogen-bond acceptors (Lipinski definition) is 5. The summed E-state index contributed by atoms with van der Waals surface area (Å²) in [6.45, 7) is 5.75. The number of anilines is 2. The molecule has 1 aliphatic heterocycles. The third-order valence-corrected chi connectivity index (χ3v) is 5.76. The second-order valence-corrected chi connectivity index (χ2v) is 8.24. The zero-order chi connectivity index (χ0) is 24.1. The normalized spacial score (nSPS) is 12.5. The number of rotatable bonds is 8. The quantitative estimate of drug-likeness (QED) is 0.540. The molecule has 176 valence electrons. The highest BCUT2D eigenvalue weighted by molar-refractivity contribution is 6.06. The van der Waals surface area contributed by atoms with Gasteiger partial charge >= 0.3 is 5.97 Å². The molecule has 0 saturated heterocycles. The van der Waals surface area contributed by atoms with E-state index in [2.05, 4.69) is 11.0 Å². The minimum absolute atomic E-state index is 0.0559. The van der Waals surface area contributed by atoms with Crippen LogP contribution in [0.25, 0.3) is 0 Å². The number of carboxylic acids is 1. The van der Waals surface area contributed by atoms with E-state index in [-0.39, 0.29) is 5.91 Å². The first kappa shape index (κ1) is 23.2. The molecule has 0 atom stereocenters. The lowest BCUT2D eigenvalue weighted by atomic mass is 10.1. The minimum atomic E-state index is -1.05. The lowest BCUT2D eigenvalue weighted by Crippen LogP contribution is -2.42. The molecule has 0 bridgehead atoms. The van der Waals surface area contributed by atoms with E-state index in [9.17, 15) is 9.59 Å². The van der Waals surface area contributed by atoms with Crippen LogP contribution in [0.15, 0.2) is 66.7 Å². The molecule has 7 heteroatoms. The first-order valence-electron chi connectivity index (χ1n) is 11.2. The van der Waals surface area contributed by atoms with E-state index in [1.807, 2.05) is 73.3 Å². The molecule has 1 heterocycles. The average molecular weight is 461 g/mol. The van der Waals surface area contributed by atoms with Crippen LogP contribution in [0.4, 0.5) is 11.4 Å². The summed E-state index contributed by atoms with van der Waals surface area (Å²) in [6.07, 6.45) is 0. The van der Waals surface area contributed by atoms with Crippen LogP contribution < -0.4 is 19.3 Å². The van der Waals surface area contributed by atoms with E-state index < -0.39 is 12.6 Å². The molecule has 0 radical (unpaired) electrons. The highest BCUT2D eigenvalue weighted by Crippen LogP contribution is 2.40. The molecule has 0 aliphatic carbocycles. The van der Waals surface area contributed by atoms with Crippen molar-refractivity contribution in [3.8, 4) is 11.5 Å². The number of fused-ring (bicyclic) bond motifs is 1. The molecular weight excluding hydrogens is 432 g/mol. The SMILES string of the molecule is Cc1ccc(N(CCN2CCOc3c(OCC(=O)O)cccc32)C(=O)c2ccccc2)c(C)c1. The van der Waals surface area contributed by atoms with Crippen molar-refractivity contribution in [2.24, 2.45) is 0 Å². The van der Waals surface area contributed by atoms with Crippen LogP contribution in [0, 0.1) is 13.8 Å². The fourth-order valence-electron chi connectivity index (χ4n) is 4.16. The summed E-state index contributed by atoms with van der Waals surface area (Å²) in [6, 6.07) is 20.8. The lowest BCUT2D eigenvalue weighted by molar-refractivity contribution is -0.139. The Morgan fingerprint density at radius 2 is 1.85 bits per heavy atom. The van der Waals surface area contributed by atoms with Gasteiger partial charge in [-0.1, -0.05) is 42.0 Å². The van der Waals surface area contributed by atoms with Gasteiger partial charge in [0.25, 0.3) is 5.91 Å². The average Bonchev–Trinajstić information content (AvgIpc) is 2.84. The van der Waals surface area contributed by atoms with Gasteiger partial charge in [-0.15, -0.1) is 0 Å². The van der Waals surface area contributed by atoms with Crippen LogP contribution in [0.3, 0.4) is 0 Å². The smallest absolute Gasteiger partial charge is 0.341 e. The van der Waals surface area contributed by atoms with Crippen LogP contribution in [0.2, 0.25) is 0 Å². The Morgan fingerprint density at radius 3 is 2.59 bits per heavy atom. The third kappa shape index (κ3) is 5.14. The maximum absolute atomic E-state index is 13.5. The lowest BCUT2D eigenvalue weighted by Gasteiger charge is -2.34. The molecule has 0 spiro atoms. The van der Waals surface area contributed by atoms with Crippen LogP contribution in [0.5, 0.6) is 11.5 Å². The fraction of sp³-hybridized carbons (Fsp3) is 0.259. The van der Waals surface area contributed by atoms with Gasteiger partial charge in [0.2, 0.25) is 0 Å². The van der Waals surface area contributed by atoms with Gasteiger partial charge in [-0.05, 0) is 49.7 Å². The van der Waals surface area contributed by atoms with Crippen molar-refractivity contribution in [1.82, 2.24) is 0 Å². The number of nitrogens with zero attached hydrogens (tertiary/aromatic N) is 2. The van der Waals surface area contributed by atoms with E-state index in [1.165, 1.54) is 0 Å². The molecule has 1 N–H and O–H groups in total. The van der Waals surface area contributed by atoms with Crippen LogP contribution >= 0.6 is 0 Å². The van der Waals surface area contributed by atoms with Crippen molar-refractivity contribution in [3.05, 3.63) is 83.4 Å². The Morgan fingerprint density at radius 1 is 1.06 bits per heavy atom. The number of carbonyl (C=O) groups excluding carboxylic acids is 1. The third-order valence-electron chi connectivity index (χ3n) is 5.76. The monoisotopic (exact) mass is 460 g/mol. The zero-order valence-electron chi connectivity index (χ0n) is 19.4. The number of amides is 1. The summed E-state index contributed by atoms with van der Waals surface area (Å²) >= 11 is 0. The highest BCUT2D eigenvalue weighted by atomic mass is 16.5. The van der Waals surface area contributed by atoms with Gasteiger partial charge < -0.3 is 24.4 Å². The molecule has 0 unspecified atom stereocenters. The van der Waals surface area contributed by atoms with Crippen LogP contribution in [-0.2, 0) is 4.79 Å². The second kappa shape index (κ2) is 10.3. The van der Waals surface area contributed by atoms with Crippen LogP contribution in [-0.4, -0.2) is 49.8 Å². The Bertz CT molecular complexity index is 1180. The number of carboxylic acid groups (broad SMARTS) is 1. The number of carbonyl (C=O) groups is 2. The summed E-state index contributed by atoms with van der Waals surface area (Å²) in [5.74, 6) is -0.174. The van der Waals surface area contributed by atoms with Gasteiger partial charge in [-0.25, -0.2) is 4.79 Å². The van der Waals surface area contributed by atoms with Gasteiger partial charge in [0, 0.05) is 24.3 Å². The van der Waals surface area contributed by atoms with E-state index in [0.29, 0.717) is 43.3 Å². The van der Waals surface area contributed by atoms with Gasteiger partial charge in [0.15, 0.2) is 18.1 Å². The summed E-state index contributed by atoms with van der Waals surface area (Å²) in [5.41, 5.74) is 4.52. The number of hydrogen-bond donors (Lipinski definition) is 1. The summed E-state index contributed by atoms with van der Waals surface area (Å²) in [4.78, 5) is 28.4. The number of benzene rings is 3. The van der Waals surface area contributed by atoms with Crippen molar-refractivity contribution in [3.63, 3.8) is 0 Å². The minimum Gasteiger partial charge on any atom is -0.486 e. The van der Waals surface area contributed by atoms with Gasteiger partial charge in [-0.3, -0.25) is 4.79 Å². The first-order valence-corrected chi connectivity index (χ1v) is 11.2. The molecule has 0 saturated carbocycles. The molecular formula is C27H28N2O5. The molecule has 34 heavy (non-hydrogen) atoms. The van der Waals surface area contributed by atoms with Gasteiger partial charge in [0.05, 0.1) is 12.2 Å². The van der Waals surface area contributed by atoms with Crippen molar-refractivity contribution < 1.29 is 24.2 Å². The Hall–Kier alpha value is -4.00. The van der Waals surface area contributed by atoms with Crippen molar-refractivity contribution >= 4 is 23.3 Å². The molecule has 3 aromatic carbocycles. The van der Waals surface area contributed by atoms with Gasteiger partial charge in [0.1, 0.15) is 6.61 Å². The molecule has 7 nitrogen and oxygen atoms in total.